The number of anilines is 1. The first-order chi connectivity index (χ1) is 14.7. The van der Waals surface area contributed by atoms with Gasteiger partial charge in [-0.15, -0.1) is 10.2 Å². The summed E-state index contributed by atoms with van der Waals surface area (Å²) in [5.41, 5.74) is 1.16. The molecule has 6 nitrogen and oxygen atoms in total. The molecule has 0 radical (unpaired) electrons. The van der Waals surface area contributed by atoms with Crippen LogP contribution in [0.15, 0.2) is 88.5 Å². The summed E-state index contributed by atoms with van der Waals surface area (Å²) in [6.07, 6.45) is 0. The van der Waals surface area contributed by atoms with Crippen molar-refractivity contribution < 1.29 is 18.3 Å². The molecule has 150 valence electrons. The molecule has 0 atom stereocenters. The standard InChI is InChI=1S/C22H16FN3O3S/c23-15-10-12-16(13-11-15)24-20(27)14-30-22-26-25-21(29-22)18-8-4-5-9-19(18)28-17-6-2-1-3-7-17/h1-13H,14H2,(H,24,27). The fourth-order valence-electron chi connectivity index (χ4n) is 2.58. The maximum atomic E-state index is 12.9. The Balaban J connectivity index is 1.41. The van der Waals surface area contributed by atoms with Crippen LogP contribution in [0.25, 0.3) is 11.5 Å². The average Bonchev–Trinajstić information content (AvgIpc) is 3.24. The van der Waals surface area contributed by atoms with Crippen LogP contribution in [-0.4, -0.2) is 21.9 Å². The Morgan fingerprint density at radius 1 is 0.967 bits per heavy atom. The summed E-state index contributed by atoms with van der Waals surface area (Å²) in [6, 6.07) is 22.3. The van der Waals surface area contributed by atoms with E-state index >= 15 is 0 Å². The van der Waals surface area contributed by atoms with Crippen LogP contribution in [0.3, 0.4) is 0 Å². The molecule has 1 N–H and O–H groups in total. The molecule has 0 bridgehead atoms. The molecular formula is C22H16FN3O3S. The fourth-order valence-corrected chi connectivity index (χ4v) is 3.15. The summed E-state index contributed by atoms with van der Waals surface area (Å²) in [5, 5.41) is 11.0. The quantitative estimate of drug-likeness (QED) is 0.403. The highest BCUT2D eigenvalue weighted by atomic mass is 32.2. The topological polar surface area (TPSA) is 77.2 Å². The van der Waals surface area contributed by atoms with Crippen molar-refractivity contribution in [2.24, 2.45) is 0 Å². The third-order valence-electron chi connectivity index (χ3n) is 3.95. The van der Waals surface area contributed by atoms with Crippen LogP contribution in [-0.2, 0) is 4.79 Å². The smallest absolute Gasteiger partial charge is 0.277 e. The van der Waals surface area contributed by atoms with Crippen LogP contribution in [0, 0.1) is 5.82 Å². The number of nitrogens with one attached hydrogen (secondary N) is 1. The number of benzene rings is 3. The van der Waals surface area contributed by atoms with Crippen molar-refractivity contribution in [3.05, 3.63) is 84.7 Å². The molecule has 0 fully saturated rings. The van der Waals surface area contributed by atoms with Gasteiger partial charge in [-0.3, -0.25) is 4.79 Å². The molecule has 30 heavy (non-hydrogen) atoms. The summed E-state index contributed by atoms with van der Waals surface area (Å²) in [5.74, 6) is 1.01. The average molecular weight is 421 g/mol. The Morgan fingerprint density at radius 3 is 2.50 bits per heavy atom. The number of thioether (sulfide) groups is 1. The molecule has 0 saturated heterocycles. The van der Waals surface area contributed by atoms with Crippen molar-refractivity contribution in [3.8, 4) is 23.0 Å². The molecule has 0 unspecified atom stereocenters. The minimum absolute atomic E-state index is 0.0706. The van der Waals surface area contributed by atoms with E-state index in [1.807, 2.05) is 54.6 Å². The summed E-state index contributed by atoms with van der Waals surface area (Å²) < 4.78 is 24.5. The van der Waals surface area contributed by atoms with Crippen molar-refractivity contribution in [2.75, 3.05) is 11.1 Å². The number of rotatable bonds is 7. The van der Waals surface area contributed by atoms with E-state index in [9.17, 15) is 9.18 Å². The maximum Gasteiger partial charge on any atom is 0.277 e. The first kappa shape index (κ1) is 19.7. The van der Waals surface area contributed by atoms with Crippen molar-refractivity contribution in [1.29, 1.82) is 0 Å². The van der Waals surface area contributed by atoms with Crippen LogP contribution in [0.5, 0.6) is 11.5 Å². The number of halogens is 1. The molecule has 1 aromatic heterocycles. The van der Waals surface area contributed by atoms with Crippen molar-refractivity contribution in [3.63, 3.8) is 0 Å². The number of carbonyl (C=O) groups excluding carboxylic acids is 1. The monoisotopic (exact) mass is 421 g/mol. The van der Waals surface area contributed by atoms with Gasteiger partial charge < -0.3 is 14.5 Å². The summed E-state index contributed by atoms with van der Waals surface area (Å²) in [6.45, 7) is 0. The van der Waals surface area contributed by atoms with E-state index in [1.54, 1.807) is 0 Å². The number of aromatic nitrogens is 2. The van der Waals surface area contributed by atoms with Crippen LogP contribution < -0.4 is 10.1 Å². The second-order valence-corrected chi connectivity index (χ2v) is 7.05. The maximum absolute atomic E-state index is 12.9. The van der Waals surface area contributed by atoms with Gasteiger partial charge in [-0.1, -0.05) is 42.1 Å². The van der Waals surface area contributed by atoms with E-state index < -0.39 is 0 Å². The van der Waals surface area contributed by atoms with E-state index in [2.05, 4.69) is 15.5 Å². The lowest BCUT2D eigenvalue weighted by Crippen LogP contribution is -2.13. The highest BCUT2D eigenvalue weighted by molar-refractivity contribution is 7.99. The van der Waals surface area contributed by atoms with Gasteiger partial charge in [0, 0.05) is 5.69 Å². The van der Waals surface area contributed by atoms with Crippen LogP contribution in [0.4, 0.5) is 10.1 Å². The van der Waals surface area contributed by atoms with Gasteiger partial charge in [0.15, 0.2) is 0 Å². The number of ether oxygens (including phenoxy) is 1. The predicted octanol–water partition coefficient (Wildman–Crippen LogP) is 5.40. The second kappa shape index (κ2) is 9.23. The van der Waals surface area contributed by atoms with Gasteiger partial charge in [0.25, 0.3) is 11.1 Å². The molecular weight excluding hydrogens is 405 g/mol. The van der Waals surface area contributed by atoms with Gasteiger partial charge >= 0.3 is 0 Å². The number of amides is 1. The normalized spacial score (nSPS) is 10.6. The SMILES string of the molecule is O=C(CSc1nnc(-c2ccccc2Oc2ccccc2)o1)Nc1ccc(F)cc1. The second-order valence-electron chi connectivity index (χ2n) is 6.13. The lowest BCUT2D eigenvalue weighted by Gasteiger charge is -2.08. The Kier molecular flexibility index (Phi) is 6.05. The molecule has 0 saturated carbocycles. The molecule has 4 aromatic rings. The first-order valence-corrected chi connectivity index (χ1v) is 10.00. The minimum atomic E-state index is -0.364. The summed E-state index contributed by atoms with van der Waals surface area (Å²) in [7, 11) is 0. The van der Waals surface area contributed by atoms with Gasteiger partial charge in [-0.2, -0.15) is 0 Å². The van der Waals surface area contributed by atoms with Crippen LogP contribution >= 0.6 is 11.8 Å². The highest BCUT2D eigenvalue weighted by Crippen LogP contribution is 2.33. The van der Waals surface area contributed by atoms with Gasteiger partial charge in [0.1, 0.15) is 17.3 Å². The van der Waals surface area contributed by atoms with Gasteiger partial charge in [-0.05, 0) is 48.5 Å². The molecule has 0 spiro atoms. The number of para-hydroxylation sites is 2. The third kappa shape index (κ3) is 5.03. The van der Waals surface area contributed by atoms with E-state index in [4.69, 9.17) is 9.15 Å². The lowest BCUT2D eigenvalue weighted by molar-refractivity contribution is -0.113. The number of hydrogen-bond acceptors (Lipinski definition) is 6. The largest absolute Gasteiger partial charge is 0.457 e. The van der Waals surface area contributed by atoms with Crippen molar-refractivity contribution >= 4 is 23.4 Å². The van der Waals surface area contributed by atoms with Crippen molar-refractivity contribution in [2.45, 2.75) is 5.22 Å². The molecule has 0 aliphatic carbocycles. The Hall–Kier alpha value is -3.65. The summed E-state index contributed by atoms with van der Waals surface area (Å²) >= 11 is 1.11. The molecule has 3 aromatic carbocycles. The van der Waals surface area contributed by atoms with E-state index in [0.29, 0.717) is 28.6 Å². The zero-order chi connectivity index (χ0) is 20.8. The van der Waals surface area contributed by atoms with Crippen LogP contribution in [0.2, 0.25) is 0 Å². The highest BCUT2D eigenvalue weighted by Gasteiger charge is 2.15. The summed E-state index contributed by atoms with van der Waals surface area (Å²) in [4.78, 5) is 12.1. The van der Waals surface area contributed by atoms with E-state index in [-0.39, 0.29) is 22.7 Å². The number of nitrogens with zero attached hydrogens (tertiary/aromatic N) is 2. The van der Waals surface area contributed by atoms with Crippen LogP contribution in [0.1, 0.15) is 0 Å². The molecule has 8 heteroatoms. The zero-order valence-corrected chi connectivity index (χ0v) is 16.4. The zero-order valence-electron chi connectivity index (χ0n) is 15.6. The Morgan fingerprint density at radius 2 is 1.70 bits per heavy atom. The van der Waals surface area contributed by atoms with E-state index in [1.165, 1.54) is 24.3 Å². The number of hydrogen-bond donors (Lipinski definition) is 1. The van der Waals surface area contributed by atoms with E-state index in [0.717, 1.165) is 11.8 Å². The molecule has 1 heterocycles. The minimum Gasteiger partial charge on any atom is -0.457 e. The molecule has 0 aliphatic heterocycles. The van der Waals surface area contributed by atoms with Gasteiger partial charge in [0.05, 0.1) is 11.3 Å². The predicted molar refractivity (Wildman–Crippen MR) is 112 cm³/mol. The van der Waals surface area contributed by atoms with Crippen molar-refractivity contribution in [1.82, 2.24) is 10.2 Å². The molecule has 0 aliphatic rings. The fraction of sp³-hybridized carbons (Fsp3) is 0.0455. The first-order valence-electron chi connectivity index (χ1n) is 9.01. The Labute approximate surface area is 176 Å². The third-order valence-corrected chi connectivity index (χ3v) is 4.77. The number of carbonyl (C=O) groups is 1. The van der Waals surface area contributed by atoms with Gasteiger partial charge in [-0.25, -0.2) is 4.39 Å². The van der Waals surface area contributed by atoms with Gasteiger partial charge in [0.2, 0.25) is 5.91 Å². The lowest BCUT2D eigenvalue weighted by atomic mass is 10.2. The molecule has 1 amide bonds. The molecule has 4 rings (SSSR count). The Bertz CT molecular complexity index is 1130.